The third-order valence-corrected chi connectivity index (χ3v) is 4.67. The summed E-state index contributed by atoms with van der Waals surface area (Å²) in [6.07, 6.45) is 0. The summed E-state index contributed by atoms with van der Waals surface area (Å²) in [6, 6.07) is 11.3. The minimum Gasteiger partial charge on any atom is -0.457 e. The number of carbonyl (C=O) groups excluding carboxylic acids is 1. The Hall–Kier alpha value is -2.48. The fraction of sp³-hybridized carbons (Fsp3) is 0.235. The van der Waals surface area contributed by atoms with Crippen molar-refractivity contribution in [1.29, 1.82) is 0 Å². The smallest absolute Gasteiger partial charge is 0.341 e. The Balaban J connectivity index is 2.06. The molecule has 25 heavy (non-hydrogen) atoms. The number of halogens is 2. The lowest BCUT2D eigenvalue weighted by molar-refractivity contribution is -0.118. The maximum absolute atomic E-state index is 12.5. The largest absolute Gasteiger partial charge is 0.457 e. The van der Waals surface area contributed by atoms with Gasteiger partial charge in [-0.1, -0.05) is 13.8 Å². The summed E-state index contributed by atoms with van der Waals surface area (Å²) >= 11 is 0. The van der Waals surface area contributed by atoms with Crippen LogP contribution >= 0.6 is 0 Å². The highest BCUT2D eigenvalue weighted by molar-refractivity contribution is 7.91. The van der Waals surface area contributed by atoms with Gasteiger partial charge in [0.2, 0.25) is 15.7 Å². The molecule has 8 heteroatoms. The molecule has 134 valence electrons. The van der Waals surface area contributed by atoms with Gasteiger partial charge in [0.1, 0.15) is 11.5 Å². The van der Waals surface area contributed by atoms with Crippen LogP contribution in [0.4, 0.5) is 14.5 Å². The fourth-order valence-corrected chi connectivity index (χ4v) is 2.55. The summed E-state index contributed by atoms with van der Waals surface area (Å²) in [5.41, 5.74) is 0.615. The summed E-state index contributed by atoms with van der Waals surface area (Å²) in [5, 5.41) is 2.73. The molecule has 0 aliphatic heterocycles. The number of hydrogen-bond donors (Lipinski definition) is 1. The molecule has 0 bridgehead atoms. The fourth-order valence-electron chi connectivity index (χ4n) is 1.83. The molecule has 0 aliphatic rings. The molecule has 0 radical (unpaired) electrons. The SMILES string of the molecule is CC(C)C(=O)Nc1ccc(Oc2ccc(S(=O)(=O)C(F)F)cc2)cc1. The molecule has 5 nitrogen and oxygen atoms in total. The lowest BCUT2D eigenvalue weighted by Crippen LogP contribution is -2.17. The molecular formula is C17H17F2NO4S. The van der Waals surface area contributed by atoms with E-state index < -0.39 is 20.5 Å². The molecule has 0 aromatic heterocycles. The van der Waals surface area contributed by atoms with Crippen LogP contribution < -0.4 is 10.1 Å². The average molecular weight is 369 g/mol. The molecule has 0 unspecified atom stereocenters. The number of rotatable bonds is 6. The topological polar surface area (TPSA) is 72.5 Å². The molecule has 0 spiro atoms. The highest BCUT2D eigenvalue weighted by Crippen LogP contribution is 2.26. The van der Waals surface area contributed by atoms with Gasteiger partial charge in [-0.3, -0.25) is 4.79 Å². The van der Waals surface area contributed by atoms with Gasteiger partial charge in [-0.25, -0.2) is 8.42 Å². The van der Waals surface area contributed by atoms with E-state index in [0.29, 0.717) is 17.2 Å². The second kappa shape index (κ2) is 7.60. The van der Waals surface area contributed by atoms with Gasteiger partial charge < -0.3 is 10.1 Å². The molecule has 2 aromatic carbocycles. The molecule has 0 aliphatic carbocycles. The molecule has 1 N–H and O–H groups in total. The van der Waals surface area contributed by atoms with Gasteiger partial charge in [-0.2, -0.15) is 8.78 Å². The van der Waals surface area contributed by atoms with Crippen LogP contribution in [0, 0.1) is 5.92 Å². The van der Waals surface area contributed by atoms with Crippen molar-refractivity contribution in [2.24, 2.45) is 5.92 Å². The van der Waals surface area contributed by atoms with Gasteiger partial charge in [0.25, 0.3) is 0 Å². The number of amides is 1. The van der Waals surface area contributed by atoms with E-state index in [-0.39, 0.29) is 11.8 Å². The number of ether oxygens (including phenoxy) is 1. The summed E-state index contributed by atoms with van der Waals surface area (Å²) in [4.78, 5) is 11.1. The van der Waals surface area contributed by atoms with Crippen molar-refractivity contribution in [3.05, 3.63) is 48.5 Å². The quantitative estimate of drug-likeness (QED) is 0.833. The summed E-state index contributed by atoms with van der Waals surface area (Å²) in [7, 11) is -4.62. The first-order valence-electron chi connectivity index (χ1n) is 7.41. The molecule has 0 fully saturated rings. The maximum atomic E-state index is 12.5. The Bertz CT molecular complexity index is 832. The normalized spacial score (nSPS) is 11.6. The first-order chi connectivity index (χ1) is 11.7. The predicted octanol–water partition coefficient (Wildman–Crippen LogP) is 4.07. The molecule has 2 aromatic rings. The Labute approximate surface area is 144 Å². The predicted molar refractivity (Wildman–Crippen MR) is 89.6 cm³/mol. The van der Waals surface area contributed by atoms with E-state index >= 15 is 0 Å². The molecule has 0 heterocycles. The van der Waals surface area contributed by atoms with Gasteiger partial charge in [0.15, 0.2) is 0 Å². The molecule has 2 rings (SSSR count). The number of carbonyl (C=O) groups is 1. The number of alkyl halides is 2. The number of nitrogens with one attached hydrogen (secondary N) is 1. The van der Waals surface area contributed by atoms with E-state index in [0.717, 1.165) is 12.1 Å². The maximum Gasteiger partial charge on any atom is 0.341 e. The van der Waals surface area contributed by atoms with E-state index in [1.165, 1.54) is 12.1 Å². The van der Waals surface area contributed by atoms with Crippen LogP contribution in [-0.2, 0) is 14.6 Å². The zero-order chi connectivity index (χ0) is 18.6. The standard InChI is InChI=1S/C17H17F2NO4S/c1-11(2)16(21)20-12-3-5-13(6-4-12)24-14-7-9-15(10-8-14)25(22,23)17(18)19/h3-11,17H,1-2H3,(H,20,21). The van der Waals surface area contributed by atoms with Crippen LogP contribution in [0.15, 0.2) is 53.4 Å². The summed E-state index contributed by atoms with van der Waals surface area (Å²) in [5.74, 6) is -2.96. The second-order valence-electron chi connectivity index (χ2n) is 5.55. The van der Waals surface area contributed by atoms with Crippen molar-refractivity contribution in [1.82, 2.24) is 0 Å². The van der Waals surface area contributed by atoms with E-state index in [2.05, 4.69) is 5.32 Å². The van der Waals surface area contributed by atoms with Crippen LogP contribution in [0.5, 0.6) is 11.5 Å². The van der Waals surface area contributed by atoms with Crippen LogP contribution in [0.2, 0.25) is 0 Å². The average Bonchev–Trinajstić information content (AvgIpc) is 2.57. The number of anilines is 1. The van der Waals surface area contributed by atoms with Gasteiger partial charge >= 0.3 is 5.76 Å². The summed E-state index contributed by atoms with van der Waals surface area (Å²) < 4.78 is 53.2. The zero-order valence-electron chi connectivity index (χ0n) is 13.6. The van der Waals surface area contributed by atoms with Crippen molar-refractivity contribution in [3.8, 4) is 11.5 Å². The molecule has 0 saturated carbocycles. The minimum atomic E-state index is -4.62. The Morgan fingerprint density at radius 2 is 1.44 bits per heavy atom. The number of benzene rings is 2. The van der Waals surface area contributed by atoms with Crippen molar-refractivity contribution >= 4 is 21.4 Å². The highest BCUT2D eigenvalue weighted by atomic mass is 32.2. The zero-order valence-corrected chi connectivity index (χ0v) is 14.4. The first-order valence-corrected chi connectivity index (χ1v) is 8.95. The molecule has 0 saturated heterocycles. The Morgan fingerprint density at radius 3 is 1.88 bits per heavy atom. The highest BCUT2D eigenvalue weighted by Gasteiger charge is 2.26. The first kappa shape index (κ1) is 18.9. The van der Waals surface area contributed by atoms with Crippen molar-refractivity contribution in [2.75, 3.05) is 5.32 Å². The lowest BCUT2D eigenvalue weighted by atomic mass is 10.2. The number of sulfone groups is 1. The van der Waals surface area contributed by atoms with Gasteiger partial charge in [-0.15, -0.1) is 0 Å². The van der Waals surface area contributed by atoms with E-state index in [1.807, 2.05) is 0 Å². The monoisotopic (exact) mass is 369 g/mol. The third-order valence-electron chi connectivity index (χ3n) is 3.27. The second-order valence-corrected chi connectivity index (χ2v) is 7.47. The Kier molecular flexibility index (Phi) is 5.73. The van der Waals surface area contributed by atoms with Gasteiger partial charge in [0.05, 0.1) is 4.90 Å². The van der Waals surface area contributed by atoms with E-state index in [9.17, 15) is 22.0 Å². The summed E-state index contributed by atoms with van der Waals surface area (Å²) in [6.45, 7) is 3.56. The van der Waals surface area contributed by atoms with E-state index in [1.54, 1.807) is 38.1 Å². The third kappa shape index (κ3) is 4.76. The van der Waals surface area contributed by atoms with Crippen LogP contribution in [-0.4, -0.2) is 20.1 Å². The van der Waals surface area contributed by atoms with Crippen LogP contribution in [0.1, 0.15) is 13.8 Å². The van der Waals surface area contributed by atoms with E-state index in [4.69, 9.17) is 4.74 Å². The minimum absolute atomic E-state index is 0.107. The Morgan fingerprint density at radius 1 is 0.960 bits per heavy atom. The lowest BCUT2D eigenvalue weighted by Gasteiger charge is -2.10. The van der Waals surface area contributed by atoms with Crippen molar-refractivity contribution < 1.29 is 26.7 Å². The van der Waals surface area contributed by atoms with Gasteiger partial charge in [0, 0.05) is 11.6 Å². The molecule has 1 amide bonds. The van der Waals surface area contributed by atoms with Crippen molar-refractivity contribution in [2.45, 2.75) is 24.5 Å². The van der Waals surface area contributed by atoms with Crippen molar-refractivity contribution in [3.63, 3.8) is 0 Å². The van der Waals surface area contributed by atoms with Crippen LogP contribution in [0.25, 0.3) is 0 Å². The number of hydrogen-bond acceptors (Lipinski definition) is 4. The molecule has 0 atom stereocenters. The van der Waals surface area contributed by atoms with Crippen LogP contribution in [0.3, 0.4) is 0 Å². The molecular weight excluding hydrogens is 352 g/mol. The van der Waals surface area contributed by atoms with Gasteiger partial charge in [-0.05, 0) is 48.5 Å².